The first-order chi connectivity index (χ1) is 21.7. The summed E-state index contributed by atoms with van der Waals surface area (Å²) in [5, 5.41) is 13.3. The molecule has 8 heteroatoms. The van der Waals surface area contributed by atoms with Gasteiger partial charge in [0.25, 0.3) is 0 Å². The lowest BCUT2D eigenvalue weighted by Crippen LogP contribution is -2.59. The van der Waals surface area contributed by atoms with Gasteiger partial charge in [-0.05, 0) is 100 Å². The maximum absolute atomic E-state index is 12.8. The third kappa shape index (κ3) is 8.88. The summed E-state index contributed by atoms with van der Waals surface area (Å²) in [4.78, 5) is 28.6. The average molecular weight is 612 g/mol. The maximum Gasteiger partial charge on any atom is 0.412 e. The Morgan fingerprint density at radius 3 is 2.40 bits per heavy atom. The van der Waals surface area contributed by atoms with Crippen LogP contribution in [0.15, 0.2) is 78.9 Å². The molecule has 0 aromatic heterocycles. The molecular weight excluding hydrogens is 566 g/mol. The average Bonchev–Trinajstić information content (AvgIpc) is 3.02. The van der Waals surface area contributed by atoms with Crippen LogP contribution in [0.5, 0.6) is 5.75 Å². The van der Waals surface area contributed by atoms with Crippen LogP contribution < -0.4 is 15.0 Å². The van der Waals surface area contributed by atoms with E-state index in [0.717, 1.165) is 66.2 Å². The van der Waals surface area contributed by atoms with E-state index < -0.39 is 17.8 Å². The minimum absolute atomic E-state index is 0.0484. The van der Waals surface area contributed by atoms with Gasteiger partial charge in [-0.25, -0.2) is 9.59 Å². The number of carbonyl (C=O) groups excluding carboxylic acids is 1. The first-order valence-electron chi connectivity index (χ1n) is 16.0. The van der Waals surface area contributed by atoms with Crippen molar-refractivity contribution in [3.63, 3.8) is 0 Å². The van der Waals surface area contributed by atoms with Crippen molar-refractivity contribution in [3.05, 3.63) is 90.0 Å². The zero-order valence-corrected chi connectivity index (χ0v) is 26.6. The summed E-state index contributed by atoms with van der Waals surface area (Å²) in [6.45, 7) is 9.44. The van der Waals surface area contributed by atoms with Crippen molar-refractivity contribution in [3.8, 4) is 16.9 Å². The fraction of sp³-hybridized carbons (Fsp3) is 0.405. The number of ether oxygens (including phenoxy) is 2. The van der Waals surface area contributed by atoms with Gasteiger partial charge >= 0.3 is 12.2 Å². The van der Waals surface area contributed by atoms with Gasteiger partial charge in [0, 0.05) is 18.7 Å². The Bertz CT molecular complexity index is 1460. The molecule has 1 atom stereocenters. The van der Waals surface area contributed by atoms with E-state index in [0.29, 0.717) is 31.9 Å². The van der Waals surface area contributed by atoms with E-state index in [4.69, 9.17) is 9.47 Å². The highest BCUT2D eigenvalue weighted by molar-refractivity contribution is 5.94. The summed E-state index contributed by atoms with van der Waals surface area (Å²) in [6.07, 6.45) is 6.30. The molecule has 3 aliphatic heterocycles. The molecule has 0 aliphatic carbocycles. The highest BCUT2D eigenvalue weighted by Gasteiger charge is 2.40. The van der Waals surface area contributed by atoms with Gasteiger partial charge in [-0.1, -0.05) is 66.7 Å². The molecule has 3 aromatic carbocycles. The SMILES string of the molecule is CC(C)(C)OC(=O)NCCc1ccc(OCCC=Cc2ccc(-c3ccccc3)c(N(C(=O)O)C3CN4CCC3CC4)c2)cc1. The van der Waals surface area contributed by atoms with Gasteiger partial charge in [-0.15, -0.1) is 0 Å². The van der Waals surface area contributed by atoms with Crippen LogP contribution in [0.1, 0.15) is 51.2 Å². The van der Waals surface area contributed by atoms with Gasteiger partial charge in [0.1, 0.15) is 11.4 Å². The van der Waals surface area contributed by atoms with Gasteiger partial charge in [0.15, 0.2) is 0 Å². The lowest BCUT2D eigenvalue weighted by molar-refractivity contribution is 0.0528. The second kappa shape index (κ2) is 14.7. The minimum atomic E-state index is -0.897. The van der Waals surface area contributed by atoms with Crippen LogP contribution in [0.4, 0.5) is 15.3 Å². The molecule has 1 unspecified atom stereocenters. The summed E-state index contributed by atoms with van der Waals surface area (Å²) in [7, 11) is 0. The van der Waals surface area contributed by atoms with Gasteiger partial charge in [0.2, 0.25) is 0 Å². The van der Waals surface area contributed by atoms with Crippen LogP contribution in [0, 0.1) is 5.92 Å². The molecule has 3 heterocycles. The van der Waals surface area contributed by atoms with Crippen LogP contribution >= 0.6 is 0 Å². The van der Waals surface area contributed by atoms with E-state index in [2.05, 4.69) is 22.4 Å². The Morgan fingerprint density at radius 2 is 1.76 bits per heavy atom. The Hall–Kier alpha value is -4.30. The molecule has 3 aliphatic rings. The van der Waals surface area contributed by atoms with E-state index >= 15 is 0 Å². The number of alkyl carbamates (subject to hydrolysis) is 1. The molecule has 6 rings (SSSR count). The Labute approximate surface area is 266 Å². The van der Waals surface area contributed by atoms with Crippen molar-refractivity contribution in [2.45, 2.75) is 58.1 Å². The summed E-state index contributed by atoms with van der Waals surface area (Å²) < 4.78 is 11.2. The van der Waals surface area contributed by atoms with E-state index in [-0.39, 0.29) is 6.04 Å². The Kier molecular flexibility index (Phi) is 10.5. The molecular formula is C37H45N3O5. The number of piperidine rings is 3. The fourth-order valence-corrected chi connectivity index (χ4v) is 6.20. The number of nitrogens with one attached hydrogen (secondary N) is 1. The van der Waals surface area contributed by atoms with Crippen LogP contribution in [0.2, 0.25) is 0 Å². The first-order valence-corrected chi connectivity index (χ1v) is 16.0. The molecule has 2 bridgehead atoms. The summed E-state index contributed by atoms with van der Waals surface area (Å²) >= 11 is 0. The number of carbonyl (C=O) groups is 2. The van der Waals surface area contributed by atoms with E-state index in [9.17, 15) is 14.7 Å². The number of anilines is 1. The number of hydrogen-bond acceptors (Lipinski definition) is 5. The van der Waals surface area contributed by atoms with Crippen molar-refractivity contribution >= 4 is 23.9 Å². The van der Waals surface area contributed by atoms with E-state index in [1.807, 2.05) is 93.6 Å². The lowest BCUT2D eigenvalue weighted by Gasteiger charge is -2.48. The Balaban J connectivity index is 1.19. The highest BCUT2D eigenvalue weighted by Crippen LogP contribution is 2.39. The molecule has 2 N–H and O–H groups in total. The fourth-order valence-electron chi connectivity index (χ4n) is 6.20. The predicted octanol–water partition coefficient (Wildman–Crippen LogP) is 7.48. The van der Waals surface area contributed by atoms with Crippen LogP contribution in [0.3, 0.4) is 0 Å². The molecule has 0 spiro atoms. The highest BCUT2D eigenvalue weighted by atomic mass is 16.6. The molecule has 0 radical (unpaired) electrons. The molecule has 3 saturated heterocycles. The Morgan fingerprint density at radius 1 is 1.02 bits per heavy atom. The van der Waals surface area contributed by atoms with Crippen LogP contribution in [0.25, 0.3) is 17.2 Å². The summed E-state index contributed by atoms with van der Waals surface area (Å²) in [5.74, 6) is 1.17. The second-order valence-corrected chi connectivity index (χ2v) is 12.9. The molecule has 3 aromatic rings. The van der Waals surface area contributed by atoms with Gasteiger partial charge in [-0.2, -0.15) is 0 Å². The second-order valence-electron chi connectivity index (χ2n) is 12.9. The quantitative estimate of drug-likeness (QED) is 0.219. The van der Waals surface area contributed by atoms with Crippen molar-refractivity contribution in [1.82, 2.24) is 10.2 Å². The normalized spacial score (nSPS) is 19.3. The minimum Gasteiger partial charge on any atom is -0.493 e. The number of amides is 2. The van der Waals surface area contributed by atoms with Crippen molar-refractivity contribution in [2.24, 2.45) is 5.92 Å². The first kappa shape index (κ1) is 32.1. The molecule has 2 amide bonds. The predicted molar refractivity (Wildman–Crippen MR) is 179 cm³/mol. The zero-order valence-electron chi connectivity index (χ0n) is 26.6. The molecule has 45 heavy (non-hydrogen) atoms. The molecule has 8 nitrogen and oxygen atoms in total. The van der Waals surface area contributed by atoms with Gasteiger partial charge < -0.3 is 24.8 Å². The summed E-state index contributed by atoms with van der Waals surface area (Å²) in [6, 6.07) is 24.0. The number of fused-ring (bicyclic) bond motifs is 3. The molecule has 238 valence electrons. The van der Waals surface area contributed by atoms with Crippen molar-refractivity contribution < 1.29 is 24.2 Å². The largest absolute Gasteiger partial charge is 0.493 e. The third-order valence-electron chi connectivity index (χ3n) is 8.39. The third-order valence-corrected chi connectivity index (χ3v) is 8.39. The monoisotopic (exact) mass is 611 g/mol. The number of rotatable bonds is 11. The zero-order chi connectivity index (χ0) is 31.8. The standard InChI is InChI=1S/C37H45N3O5/c1-37(2,3)45-35(41)38-21-18-27-12-15-31(16-13-27)44-24-8-7-9-28-14-17-32(29-10-5-4-6-11-29)33(25-28)40(36(42)43)34-26-39-22-19-30(34)20-23-39/h4-7,9-17,25,30,34H,8,18-24,26H2,1-3H3,(H,38,41)(H,42,43). The van der Waals surface area contributed by atoms with E-state index in [1.54, 1.807) is 4.90 Å². The number of hydrogen-bond donors (Lipinski definition) is 2. The van der Waals surface area contributed by atoms with Gasteiger partial charge in [0.05, 0.1) is 18.3 Å². The summed E-state index contributed by atoms with van der Waals surface area (Å²) in [5.41, 5.74) is 4.23. The van der Waals surface area contributed by atoms with Gasteiger partial charge in [-0.3, -0.25) is 4.90 Å². The van der Waals surface area contributed by atoms with Crippen molar-refractivity contribution in [1.29, 1.82) is 0 Å². The smallest absolute Gasteiger partial charge is 0.412 e. The number of nitrogens with zero attached hydrogens (tertiary/aromatic N) is 2. The lowest BCUT2D eigenvalue weighted by atomic mass is 9.82. The van der Waals surface area contributed by atoms with E-state index in [1.165, 1.54) is 0 Å². The topological polar surface area (TPSA) is 91.3 Å². The number of carboxylic acid groups (broad SMARTS) is 1. The maximum atomic E-state index is 12.8. The van der Waals surface area contributed by atoms with Crippen LogP contribution in [-0.2, 0) is 11.2 Å². The van der Waals surface area contributed by atoms with Crippen molar-refractivity contribution in [2.75, 3.05) is 37.7 Å². The number of benzene rings is 3. The van der Waals surface area contributed by atoms with Crippen LogP contribution in [-0.4, -0.2) is 66.6 Å². The molecule has 3 fully saturated rings. The molecule has 0 saturated carbocycles.